The number of anilines is 1. The van der Waals surface area contributed by atoms with E-state index in [9.17, 15) is 9.18 Å². The summed E-state index contributed by atoms with van der Waals surface area (Å²) >= 11 is 9.11. The van der Waals surface area contributed by atoms with Gasteiger partial charge in [-0.15, -0.1) is 0 Å². The smallest absolute Gasteiger partial charge is 0.255 e. The maximum absolute atomic E-state index is 13.0. The molecule has 0 aliphatic rings. The summed E-state index contributed by atoms with van der Waals surface area (Å²) in [6, 6.07) is 10.5. The summed E-state index contributed by atoms with van der Waals surface area (Å²) in [5.41, 5.74) is 0.849. The van der Waals surface area contributed by atoms with Crippen molar-refractivity contribution in [3.8, 4) is 0 Å². The highest BCUT2D eigenvalue weighted by Crippen LogP contribution is 2.25. The lowest BCUT2D eigenvalue weighted by Crippen LogP contribution is -2.11. The van der Waals surface area contributed by atoms with Crippen molar-refractivity contribution in [3.05, 3.63) is 63.3 Å². The lowest BCUT2D eigenvalue weighted by Gasteiger charge is -2.06. The molecule has 0 aliphatic heterocycles. The molecule has 5 heteroatoms. The Hall–Kier alpha value is -1.39. The predicted octanol–water partition coefficient (Wildman–Crippen LogP) is 4.49. The predicted molar refractivity (Wildman–Crippen MR) is 73.5 cm³/mol. The van der Waals surface area contributed by atoms with Crippen molar-refractivity contribution in [3.63, 3.8) is 0 Å². The van der Waals surface area contributed by atoms with Gasteiger partial charge in [0.2, 0.25) is 0 Å². The summed E-state index contributed by atoms with van der Waals surface area (Å²) in [5, 5.41) is 3.21. The third kappa shape index (κ3) is 3.09. The maximum Gasteiger partial charge on any atom is 0.255 e. The Labute approximate surface area is 117 Å². The van der Waals surface area contributed by atoms with Crippen molar-refractivity contribution < 1.29 is 9.18 Å². The SMILES string of the molecule is O=C(Nc1ccc(Cl)c(Br)c1)c1cccc(F)c1. The largest absolute Gasteiger partial charge is 0.322 e. The van der Waals surface area contributed by atoms with Crippen molar-refractivity contribution >= 4 is 39.1 Å². The Morgan fingerprint density at radius 1 is 1.22 bits per heavy atom. The first-order chi connectivity index (χ1) is 8.56. The third-order valence-corrected chi connectivity index (χ3v) is 3.48. The van der Waals surface area contributed by atoms with Crippen LogP contribution in [0.4, 0.5) is 10.1 Å². The molecule has 0 fully saturated rings. The minimum absolute atomic E-state index is 0.265. The number of carbonyl (C=O) groups excluding carboxylic acids is 1. The number of hydrogen-bond donors (Lipinski definition) is 1. The van der Waals surface area contributed by atoms with Crippen molar-refractivity contribution in [2.75, 3.05) is 5.32 Å². The molecule has 1 N–H and O–H groups in total. The molecule has 2 aromatic rings. The van der Waals surface area contributed by atoms with Crippen LogP contribution < -0.4 is 5.32 Å². The van der Waals surface area contributed by atoms with Crippen molar-refractivity contribution in [2.45, 2.75) is 0 Å². The van der Waals surface area contributed by atoms with E-state index in [2.05, 4.69) is 21.2 Å². The zero-order valence-electron chi connectivity index (χ0n) is 9.08. The fourth-order valence-corrected chi connectivity index (χ4v) is 1.90. The van der Waals surface area contributed by atoms with E-state index in [1.807, 2.05) is 0 Å². The molecule has 0 saturated carbocycles. The average molecular weight is 329 g/mol. The van der Waals surface area contributed by atoms with Crippen molar-refractivity contribution in [1.82, 2.24) is 0 Å². The molecule has 18 heavy (non-hydrogen) atoms. The number of benzene rings is 2. The lowest BCUT2D eigenvalue weighted by molar-refractivity contribution is 0.102. The summed E-state index contributed by atoms with van der Waals surface area (Å²) in [6.45, 7) is 0. The molecular formula is C13H8BrClFNO. The second kappa shape index (κ2) is 5.50. The zero-order valence-corrected chi connectivity index (χ0v) is 11.4. The van der Waals surface area contributed by atoms with Crippen LogP contribution in [0.2, 0.25) is 5.02 Å². The number of hydrogen-bond acceptors (Lipinski definition) is 1. The molecule has 0 saturated heterocycles. The zero-order chi connectivity index (χ0) is 13.1. The van der Waals surface area contributed by atoms with Crippen molar-refractivity contribution in [2.24, 2.45) is 0 Å². The minimum Gasteiger partial charge on any atom is -0.322 e. The normalized spacial score (nSPS) is 10.2. The van der Waals surface area contributed by atoms with Gasteiger partial charge in [-0.2, -0.15) is 0 Å². The molecular weight excluding hydrogens is 321 g/mol. The van der Waals surface area contributed by atoms with Crippen LogP contribution in [0.15, 0.2) is 46.9 Å². The van der Waals surface area contributed by atoms with Gasteiger partial charge in [0.05, 0.1) is 5.02 Å². The van der Waals surface area contributed by atoms with E-state index in [1.165, 1.54) is 18.2 Å². The second-order valence-electron chi connectivity index (χ2n) is 3.59. The number of amides is 1. The Kier molecular flexibility index (Phi) is 3.99. The molecule has 2 rings (SSSR count). The Morgan fingerprint density at radius 2 is 2.00 bits per heavy atom. The number of rotatable bonds is 2. The summed E-state index contributed by atoms with van der Waals surface area (Å²) in [7, 11) is 0. The van der Waals surface area contributed by atoms with E-state index < -0.39 is 5.82 Å². The van der Waals surface area contributed by atoms with Crippen LogP contribution >= 0.6 is 27.5 Å². The first kappa shape index (κ1) is 13.1. The number of nitrogens with one attached hydrogen (secondary N) is 1. The summed E-state index contributed by atoms with van der Waals surface area (Å²) in [5.74, 6) is -0.816. The Bertz CT molecular complexity index is 603. The van der Waals surface area contributed by atoms with Gasteiger partial charge in [-0.25, -0.2) is 4.39 Å². The monoisotopic (exact) mass is 327 g/mol. The molecule has 0 spiro atoms. The average Bonchev–Trinajstić information content (AvgIpc) is 2.34. The van der Waals surface area contributed by atoms with Crippen LogP contribution in [0, 0.1) is 5.82 Å². The molecule has 2 nitrogen and oxygen atoms in total. The van der Waals surface area contributed by atoms with Crippen molar-refractivity contribution in [1.29, 1.82) is 0 Å². The first-order valence-corrected chi connectivity index (χ1v) is 6.25. The summed E-state index contributed by atoms with van der Waals surface area (Å²) in [4.78, 5) is 11.8. The molecule has 0 aliphatic carbocycles. The van der Waals surface area contributed by atoms with Crippen LogP contribution in [-0.2, 0) is 0 Å². The van der Waals surface area contributed by atoms with Gasteiger partial charge in [-0.3, -0.25) is 4.79 Å². The van der Waals surface area contributed by atoms with Gasteiger partial charge in [-0.1, -0.05) is 17.7 Å². The van der Waals surface area contributed by atoms with Crippen LogP contribution in [-0.4, -0.2) is 5.91 Å². The maximum atomic E-state index is 13.0. The minimum atomic E-state index is -0.445. The number of carbonyl (C=O) groups is 1. The van der Waals surface area contributed by atoms with Gasteiger partial charge >= 0.3 is 0 Å². The van der Waals surface area contributed by atoms with Crippen LogP contribution in [0.3, 0.4) is 0 Å². The molecule has 92 valence electrons. The molecule has 0 bridgehead atoms. The highest BCUT2D eigenvalue weighted by molar-refractivity contribution is 9.10. The van der Waals surface area contributed by atoms with Gasteiger partial charge in [0.25, 0.3) is 5.91 Å². The summed E-state index contributed by atoms with van der Waals surface area (Å²) in [6.07, 6.45) is 0. The third-order valence-electron chi connectivity index (χ3n) is 2.26. The van der Waals surface area contributed by atoms with Gasteiger partial charge in [-0.05, 0) is 52.3 Å². The molecule has 1 amide bonds. The molecule has 2 aromatic carbocycles. The molecule has 0 unspecified atom stereocenters. The Morgan fingerprint density at radius 3 is 2.67 bits per heavy atom. The van der Waals surface area contributed by atoms with Gasteiger partial charge in [0.1, 0.15) is 5.82 Å². The van der Waals surface area contributed by atoms with E-state index in [0.29, 0.717) is 15.2 Å². The molecule has 0 radical (unpaired) electrons. The van der Waals surface area contributed by atoms with Crippen LogP contribution in [0.1, 0.15) is 10.4 Å². The lowest BCUT2D eigenvalue weighted by atomic mass is 10.2. The number of halogens is 3. The highest BCUT2D eigenvalue weighted by Gasteiger charge is 2.07. The molecule has 0 atom stereocenters. The van der Waals surface area contributed by atoms with Crippen LogP contribution in [0.25, 0.3) is 0 Å². The highest BCUT2D eigenvalue weighted by atomic mass is 79.9. The fourth-order valence-electron chi connectivity index (χ4n) is 1.41. The van der Waals surface area contributed by atoms with Gasteiger partial charge in [0, 0.05) is 15.7 Å². The van der Waals surface area contributed by atoms with E-state index in [-0.39, 0.29) is 11.5 Å². The quantitative estimate of drug-likeness (QED) is 0.864. The molecule has 0 heterocycles. The van der Waals surface area contributed by atoms with E-state index >= 15 is 0 Å². The van der Waals surface area contributed by atoms with Gasteiger partial charge < -0.3 is 5.32 Å². The molecule has 0 aromatic heterocycles. The van der Waals surface area contributed by atoms with E-state index in [1.54, 1.807) is 24.3 Å². The standard InChI is InChI=1S/C13H8BrClFNO/c14-11-7-10(4-5-12(11)15)17-13(18)8-2-1-3-9(16)6-8/h1-7H,(H,17,18). The Balaban J connectivity index is 2.18. The van der Waals surface area contributed by atoms with Gasteiger partial charge in [0.15, 0.2) is 0 Å². The summed E-state index contributed by atoms with van der Waals surface area (Å²) < 4.78 is 13.7. The first-order valence-electron chi connectivity index (χ1n) is 5.08. The van der Waals surface area contributed by atoms with Crippen LogP contribution in [0.5, 0.6) is 0 Å². The van der Waals surface area contributed by atoms with E-state index in [4.69, 9.17) is 11.6 Å². The second-order valence-corrected chi connectivity index (χ2v) is 4.85. The topological polar surface area (TPSA) is 29.1 Å². The van der Waals surface area contributed by atoms with E-state index in [0.717, 1.165) is 0 Å². The fraction of sp³-hybridized carbons (Fsp3) is 0.